The van der Waals surface area contributed by atoms with Crippen LogP contribution in [0.2, 0.25) is 0 Å². The van der Waals surface area contributed by atoms with Gasteiger partial charge in [0.15, 0.2) is 0 Å². The van der Waals surface area contributed by atoms with Crippen molar-refractivity contribution in [1.82, 2.24) is 19.6 Å². The quantitative estimate of drug-likeness (QED) is 0.551. The molecule has 0 unspecified atom stereocenters. The molecule has 1 aromatic heterocycles. The summed E-state index contributed by atoms with van der Waals surface area (Å²) >= 11 is 0. The van der Waals surface area contributed by atoms with Gasteiger partial charge in [0.05, 0.1) is 5.69 Å². The Morgan fingerprint density at radius 3 is 2.17 bits per heavy atom. The monoisotopic (exact) mass is 492 g/mol. The van der Waals surface area contributed by atoms with Gasteiger partial charge >= 0.3 is 6.03 Å². The number of hydrogen-bond acceptors (Lipinski definition) is 4. The zero-order valence-electron chi connectivity index (χ0n) is 21.2. The number of urea groups is 1. The topological polar surface area (TPSA) is 82.5 Å². The first kappa shape index (κ1) is 25.4. The van der Waals surface area contributed by atoms with Crippen molar-refractivity contribution in [3.63, 3.8) is 0 Å². The van der Waals surface area contributed by atoms with Crippen LogP contribution in [0.1, 0.15) is 42.4 Å². The number of nitrogens with one attached hydrogen (secondary N) is 2. The van der Waals surface area contributed by atoms with Crippen LogP contribution in [0.25, 0.3) is 0 Å². The summed E-state index contributed by atoms with van der Waals surface area (Å²) in [7, 11) is 1.80. The molecule has 36 heavy (non-hydrogen) atoms. The first-order chi connectivity index (χ1) is 17.1. The number of piperazine rings is 1. The van der Waals surface area contributed by atoms with Crippen molar-refractivity contribution in [3.8, 4) is 0 Å². The highest BCUT2D eigenvalue weighted by Crippen LogP contribution is 2.23. The zero-order valence-corrected chi connectivity index (χ0v) is 21.2. The second-order valence-electron chi connectivity index (χ2n) is 10.1. The molecule has 8 nitrogen and oxygen atoms in total. The molecule has 190 valence electrons. The average molecular weight is 493 g/mol. The minimum atomic E-state index is -0.346. The zero-order chi connectivity index (χ0) is 25.9. The number of rotatable bonds is 5. The van der Waals surface area contributed by atoms with Gasteiger partial charge in [-0.1, -0.05) is 32.9 Å². The maximum absolute atomic E-state index is 13.1. The number of anilines is 2. The summed E-state index contributed by atoms with van der Waals surface area (Å²) in [6.45, 7) is 9.77. The number of benzene rings is 2. The molecule has 1 fully saturated rings. The average Bonchev–Trinajstić information content (AvgIpc) is 3.21. The first-order valence-corrected chi connectivity index (χ1v) is 12.1. The maximum Gasteiger partial charge on any atom is 0.324 e. The molecule has 0 atom stereocenters. The number of hydrogen-bond donors (Lipinski definition) is 2. The van der Waals surface area contributed by atoms with Gasteiger partial charge in [0.2, 0.25) is 0 Å². The van der Waals surface area contributed by atoms with Gasteiger partial charge in [-0.3, -0.25) is 19.7 Å². The van der Waals surface area contributed by atoms with E-state index >= 15 is 0 Å². The molecular weight excluding hydrogens is 459 g/mol. The molecule has 0 bridgehead atoms. The SMILES string of the molecule is Cn1nc(C(C)(C)C)cc1NC(=O)Nc1ccc(CN2CCN(C(=O)c3ccc(F)cc3)CC2)cc1. The molecule has 0 spiro atoms. The van der Waals surface area contributed by atoms with Crippen LogP contribution in [-0.4, -0.2) is 57.7 Å². The number of nitrogens with zero attached hydrogens (tertiary/aromatic N) is 4. The predicted molar refractivity (Wildman–Crippen MR) is 139 cm³/mol. The van der Waals surface area contributed by atoms with E-state index < -0.39 is 0 Å². The summed E-state index contributed by atoms with van der Waals surface area (Å²) in [5, 5.41) is 10.2. The molecule has 1 aliphatic rings. The fourth-order valence-electron chi connectivity index (χ4n) is 4.07. The molecule has 0 saturated carbocycles. The molecule has 3 amide bonds. The molecule has 1 aliphatic heterocycles. The Bertz CT molecular complexity index is 1210. The largest absolute Gasteiger partial charge is 0.336 e. The third-order valence-corrected chi connectivity index (χ3v) is 6.26. The van der Waals surface area contributed by atoms with E-state index in [-0.39, 0.29) is 23.2 Å². The number of halogens is 1. The Kier molecular flexibility index (Phi) is 7.40. The summed E-state index contributed by atoms with van der Waals surface area (Å²) in [6.07, 6.45) is 0. The highest BCUT2D eigenvalue weighted by atomic mass is 19.1. The van der Waals surface area contributed by atoms with Gasteiger partial charge in [-0.2, -0.15) is 5.10 Å². The number of carbonyl (C=O) groups excluding carboxylic acids is 2. The highest BCUT2D eigenvalue weighted by Gasteiger charge is 2.22. The third kappa shape index (κ3) is 6.28. The molecule has 3 aromatic rings. The van der Waals surface area contributed by atoms with Gasteiger partial charge in [0, 0.05) is 62.5 Å². The fourth-order valence-corrected chi connectivity index (χ4v) is 4.07. The number of aromatic nitrogens is 2. The fraction of sp³-hybridized carbons (Fsp3) is 0.370. The molecule has 1 saturated heterocycles. The summed E-state index contributed by atoms with van der Waals surface area (Å²) in [4.78, 5) is 29.2. The number of carbonyl (C=O) groups is 2. The summed E-state index contributed by atoms with van der Waals surface area (Å²) < 4.78 is 14.8. The van der Waals surface area contributed by atoms with Crippen LogP contribution in [0, 0.1) is 5.82 Å². The summed E-state index contributed by atoms with van der Waals surface area (Å²) in [5.41, 5.74) is 3.14. The van der Waals surface area contributed by atoms with Crippen molar-refractivity contribution >= 4 is 23.4 Å². The first-order valence-electron chi connectivity index (χ1n) is 12.1. The van der Waals surface area contributed by atoms with E-state index in [0.29, 0.717) is 30.2 Å². The molecule has 0 aliphatic carbocycles. The molecule has 2 aromatic carbocycles. The van der Waals surface area contributed by atoms with E-state index in [9.17, 15) is 14.0 Å². The molecule has 2 N–H and O–H groups in total. The Labute approximate surface area is 211 Å². The minimum Gasteiger partial charge on any atom is -0.336 e. The molecule has 0 radical (unpaired) electrons. The normalized spacial score (nSPS) is 14.5. The molecular formula is C27H33FN6O2. The van der Waals surface area contributed by atoms with Crippen LogP contribution in [0.15, 0.2) is 54.6 Å². The predicted octanol–water partition coefficient (Wildman–Crippen LogP) is 4.46. The van der Waals surface area contributed by atoms with Crippen LogP contribution in [-0.2, 0) is 19.0 Å². The Morgan fingerprint density at radius 2 is 1.58 bits per heavy atom. The van der Waals surface area contributed by atoms with Crippen LogP contribution in [0.3, 0.4) is 0 Å². The number of amides is 3. The van der Waals surface area contributed by atoms with E-state index in [1.54, 1.807) is 11.7 Å². The smallest absolute Gasteiger partial charge is 0.324 e. The Morgan fingerprint density at radius 1 is 0.944 bits per heavy atom. The number of aryl methyl sites for hydroxylation is 1. The highest BCUT2D eigenvalue weighted by molar-refractivity contribution is 5.99. The lowest BCUT2D eigenvalue weighted by Crippen LogP contribution is -2.48. The van der Waals surface area contributed by atoms with Gasteiger partial charge in [0.1, 0.15) is 11.6 Å². The summed E-state index contributed by atoms with van der Waals surface area (Å²) in [5.74, 6) is 0.219. The van der Waals surface area contributed by atoms with Gasteiger partial charge in [0.25, 0.3) is 5.91 Å². The second-order valence-corrected chi connectivity index (χ2v) is 10.1. The van der Waals surface area contributed by atoms with Crippen molar-refractivity contribution in [1.29, 1.82) is 0 Å². The van der Waals surface area contributed by atoms with Crippen LogP contribution in [0.5, 0.6) is 0 Å². The van der Waals surface area contributed by atoms with Gasteiger partial charge < -0.3 is 10.2 Å². The van der Waals surface area contributed by atoms with Gasteiger partial charge in [-0.05, 0) is 42.0 Å². The molecule has 4 rings (SSSR count). The lowest BCUT2D eigenvalue weighted by Gasteiger charge is -2.34. The van der Waals surface area contributed by atoms with Crippen molar-refractivity contribution in [2.45, 2.75) is 32.7 Å². The van der Waals surface area contributed by atoms with Crippen molar-refractivity contribution in [3.05, 3.63) is 77.2 Å². The van der Waals surface area contributed by atoms with E-state index in [2.05, 4.69) is 41.4 Å². The van der Waals surface area contributed by atoms with E-state index in [4.69, 9.17) is 0 Å². The van der Waals surface area contributed by atoms with E-state index in [1.807, 2.05) is 35.2 Å². The standard InChI is InChI=1S/C27H33FN6O2/c1-27(2,3)23-17-24(32(4)31-23)30-26(36)29-22-11-5-19(6-12-22)18-33-13-15-34(16-14-33)25(35)20-7-9-21(28)10-8-20/h5-12,17H,13-16,18H2,1-4H3,(H2,29,30,36). The lowest BCUT2D eigenvalue weighted by atomic mass is 9.92. The molecule has 9 heteroatoms. The van der Waals surface area contributed by atoms with Crippen molar-refractivity contribution in [2.75, 3.05) is 36.8 Å². The Balaban J connectivity index is 1.25. The second kappa shape index (κ2) is 10.5. The maximum atomic E-state index is 13.1. The van der Waals surface area contributed by atoms with Gasteiger partial charge in [-0.15, -0.1) is 0 Å². The van der Waals surface area contributed by atoms with E-state index in [0.717, 1.165) is 30.9 Å². The van der Waals surface area contributed by atoms with Crippen molar-refractivity contribution in [2.24, 2.45) is 7.05 Å². The lowest BCUT2D eigenvalue weighted by molar-refractivity contribution is 0.0628. The minimum absolute atomic E-state index is 0.0656. The van der Waals surface area contributed by atoms with Crippen LogP contribution >= 0.6 is 0 Å². The third-order valence-electron chi connectivity index (χ3n) is 6.26. The van der Waals surface area contributed by atoms with Crippen LogP contribution < -0.4 is 10.6 Å². The summed E-state index contributed by atoms with van der Waals surface area (Å²) in [6, 6.07) is 15.0. The van der Waals surface area contributed by atoms with Crippen molar-refractivity contribution < 1.29 is 14.0 Å². The Hall–Kier alpha value is -3.72. The molecule has 2 heterocycles. The van der Waals surface area contributed by atoms with Crippen LogP contribution in [0.4, 0.5) is 20.7 Å². The van der Waals surface area contributed by atoms with E-state index in [1.165, 1.54) is 24.3 Å². The van der Waals surface area contributed by atoms with Gasteiger partial charge in [-0.25, -0.2) is 9.18 Å².